The summed E-state index contributed by atoms with van der Waals surface area (Å²) in [5.74, 6) is -0.0430. The average Bonchev–Trinajstić information content (AvgIpc) is 3.47. The Morgan fingerprint density at radius 2 is 0.580 bits per heavy atom. The third kappa shape index (κ3) is 67.3. The van der Waals surface area contributed by atoms with Crippen molar-refractivity contribution >= 4 is 11.9 Å². The number of amides is 1. The van der Waals surface area contributed by atoms with Crippen LogP contribution in [0.25, 0.3) is 0 Å². The lowest BCUT2D eigenvalue weighted by atomic mass is 10.0. The highest BCUT2D eigenvalue weighted by Crippen LogP contribution is 2.19. The van der Waals surface area contributed by atoms with Crippen molar-refractivity contribution in [3.05, 3.63) is 24.3 Å². The normalized spacial score (nSPS) is 12.6. The van der Waals surface area contributed by atoms with Crippen LogP contribution in [-0.2, 0) is 14.3 Å². The summed E-state index contributed by atoms with van der Waals surface area (Å²) in [6.07, 6.45) is 89.9. The second-order valence-electron chi connectivity index (χ2n) is 25.6. The first-order valence-corrected chi connectivity index (χ1v) is 37.1. The predicted molar refractivity (Wildman–Crippen MR) is 356 cm³/mol. The van der Waals surface area contributed by atoms with E-state index in [1.165, 1.54) is 353 Å². The van der Waals surface area contributed by atoms with E-state index in [1.807, 2.05) is 6.08 Å². The lowest BCUT2D eigenvalue weighted by Gasteiger charge is -2.20. The Bertz CT molecular complexity index is 1270. The van der Waals surface area contributed by atoms with Gasteiger partial charge in [0.1, 0.15) is 0 Å². The van der Waals surface area contributed by atoms with Crippen molar-refractivity contribution in [2.45, 2.75) is 431 Å². The Balaban J connectivity index is 3.38. The molecule has 1 amide bonds. The number of rotatable bonds is 70. The molecule has 0 heterocycles. The number of ether oxygens (including phenoxy) is 1. The number of nitrogens with one attached hydrogen (secondary N) is 1. The van der Waals surface area contributed by atoms with Gasteiger partial charge in [-0.2, -0.15) is 0 Å². The van der Waals surface area contributed by atoms with Crippen LogP contribution in [0.5, 0.6) is 0 Å². The molecule has 0 saturated carbocycles. The highest BCUT2D eigenvalue weighted by molar-refractivity contribution is 5.76. The number of hydrogen-bond acceptors (Lipinski definition) is 5. The minimum atomic E-state index is -0.845. The average molecular weight is 1140 g/mol. The molecule has 0 aliphatic rings. The molecule has 0 bridgehead atoms. The molecule has 0 aliphatic heterocycles. The van der Waals surface area contributed by atoms with Gasteiger partial charge in [-0.25, -0.2) is 0 Å². The minimum absolute atomic E-state index is 0.0199. The van der Waals surface area contributed by atoms with Gasteiger partial charge in [0.05, 0.1) is 25.4 Å². The van der Waals surface area contributed by atoms with Crippen LogP contribution in [0.2, 0.25) is 0 Å². The Morgan fingerprint density at radius 1 is 0.333 bits per heavy atom. The summed E-state index contributed by atoms with van der Waals surface area (Å²) in [6, 6.07) is -0.628. The highest BCUT2D eigenvalue weighted by Gasteiger charge is 2.18. The third-order valence-corrected chi connectivity index (χ3v) is 17.5. The fourth-order valence-corrected chi connectivity index (χ4v) is 11.8. The molecule has 6 nitrogen and oxygen atoms in total. The Morgan fingerprint density at radius 3 is 0.877 bits per heavy atom. The van der Waals surface area contributed by atoms with E-state index in [9.17, 15) is 19.8 Å². The SMILES string of the molecule is CCCCCCCCCCCCCCCCCCCC/C=C/C(O)C(CO)NC(=O)CCCCCCCCCCCCCCC/C=C\CCCCCCCCCCCCCCOC(=O)CCCCCCCCCCCCCCCCC. The van der Waals surface area contributed by atoms with Crippen LogP contribution >= 0.6 is 0 Å². The van der Waals surface area contributed by atoms with Crippen LogP contribution in [0.15, 0.2) is 24.3 Å². The summed E-state index contributed by atoms with van der Waals surface area (Å²) in [7, 11) is 0. The number of hydrogen-bond donors (Lipinski definition) is 3. The Hall–Kier alpha value is -1.66. The van der Waals surface area contributed by atoms with E-state index in [0.717, 1.165) is 38.5 Å². The van der Waals surface area contributed by atoms with Gasteiger partial charge in [-0.3, -0.25) is 9.59 Å². The quantitative estimate of drug-likeness (QED) is 0.0320. The fraction of sp³-hybridized carbons (Fsp3) is 0.920. The molecule has 0 saturated heterocycles. The molecule has 0 spiro atoms. The number of allylic oxidation sites excluding steroid dienone is 3. The molecule has 0 aromatic carbocycles. The maximum Gasteiger partial charge on any atom is 0.305 e. The van der Waals surface area contributed by atoms with Crippen LogP contribution in [0.1, 0.15) is 418 Å². The molecule has 81 heavy (non-hydrogen) atoms. The third-order valence-electron chi connectivity index (χ3n) is 17.5. The molecule has 2 atom stereocenters. The van der Waals surface area contributed by atoms with Gasteiger partial charge in [0.2, 0.25) is 5.91 Å². The van der Waals surface area contributed by atoms with Gasteiger partial charge < -0.3 is 20.3 Å². The molecule has 6 heteroatoms. The molecular formula is C75H145NO5. The largest absolute Gasteiger partial charge is 0.466 e. The molecule has 480 valence electrons. The highest BCUT2D eigenvalue weighted by atomic mass is 16.5. The van der Waals surface area contributed by atoms with E-state index in [4.69, 9.17) is 4.74 Å². The maximum absolute atomic E-state index is 12.5. The van der Waals surface area contributed by atoms with Crippen LogP contribution < -0.4 is 5.32 Å². The molecule has 3 N–H and O–H groups in total. The zero-order valence-corrected chi connectivity index (χ0v) is 55.0. The van der Waals surface area contributed by atoms with E-state index in [2.05, 4.69) is 31.3 Å². The van der Waals surface area contributed by atoms with E-state index in [1.54, 1.807) is 6.08 Å². The first kappa shape index (κ1) is 79.3. The number of carbonyl (C=O) groups excluding carboxylic acids is 2. The van der Waals surface area contributed by atoms with Gasteiger partial charge in [0, 0.05) is 12.8 Å². The number of esters is 1. The van der Waals surface area contributed by atoms with Crippen molar-refractivity contribution < 1.29 is 24.5 Å². The van der Waals surface area contributed by atoms with Gasteiger partial charge in [-0.05, 0) is 57.8 Å². The number of aliphatic hydroxyl groups excluding tert-OH is 2. The Kier molecular flexibility index (Phi) is 69.4. The van der Waals surface area contributed by atoms with Crippen molar-refractivity contribution in [1.29, 1.82) is 0 Å². The van der Waals surface area contributed by atoms with Crippen molar-refractivity contribution in [1.82, 2.24) is 5.32 Å². The minimum Gasteiger partial charge on any atom is -0.466 e. The number of unbranched alkanes of at least 4 members (excludes halogenated alkanes) is 57. The molecule has 0 aromatic heterocycles. The van der Waals surface area contributed by atoms with Crippen molar-refractivity contribution in [2.24, 2.45) is 0 Å². The van der Waals surface area contributed by atoms with Gasteiger partial charge in [0.15, 0.2) is 0 Å². The van der Waals surface area contributed by atoms with E-state index in [0.29, 0.717) is 19.4 Å². The molecule has 0 fully saturated rings. The summed E-state index contributed by atoms with van der Waals surface area (Å²) < 4.78 is 5.50. The second kappa shape index (κ2) is 70.8. The second-order valence-corrected chi connectivity index (χ2v) is 25.6. The van der Waals surface area contributed by atoms with E-state index < -0.39 is 12.1 Å². The first-order valence-electron chi connectivity index (χ1n) is 37.1. The van der Waals surface area contributed by atoms with Crippen LogP contribution in [-0.4, -0.2) is 47.4 Å². The zero-order valence-electron chi connectivity index (χ0n) is 55.0. The van der Waals surface area contributed by atoms with Crippen LogP contribution in [0, 0.1) is 0 Å². The van der Waals surface area contributed by atoms with Crippen molar-refractivity contribution in [3.8, 4) is 0 Å². The van der Waals surface area contributed by atoms with Gasteiger partial charge >= 0.3 is 5.97 Å². The van der Waals surface area contributed by atoms with Crippen molar-refractivity contribution in [3.63, 3.8) is 0 Å². The summed E-state index contributed by atoms with van der Waals surface area (Å²) in [6.45, 7) is 4.95. The molecular weight excluding hydrogens is 995 g/mol. The molecule has 0 aromatic rings. The monoisotopic (exact) mass is 1140 g/mol. The van der Waals surface area contributed by atoms with Gasteiger partial charge in [-0.1, -0.05) is 372 Å². The summed E-state index contributed by atoms with van der Waals surface area (Å²) in [5, 5.41) is 23.3. The molecule has 0 radical (unpaired) electrons. The number of carbonyl (C=O) groups is 2. The summed E-state index contributed by atoms with van der Waals surface area (Å²) >= 11 is 0. The van der Waals surface area contributed by atoms with Gasteiger partial charge in [0.25, 0.3) is 0 Å². The fourth-order valence-electron chi connectivity index (χ4n) is 11.8. The van der Waals surface area contributed by atoms with Gasteiger partial charge in [-0.15, -0.1) is 0 Å². The standard InChI is InChI=1S/C75H145NO5/c1-3-5-7-9-11-13-15-17-19-20-21-33-36-40-43-47-51-55-59-63-67-73(78)72(71-77)76-74(79)68-64-60-56-52-48-44-41-37-34-31-29-27-25-23-22-24-26-28-30-32-35-38-42-46-50-54-58-62-66-70-81-75(80)69-65-61-57-53-49-45-39-18-16-14-12-10-8-6-4-2/h22,24,63,67,72-73,77-78H,3-21,23,25-62,64-66,68-71H2,1-2H3,(H,76,79)/b24-22-,67-63+. The lowest BCUT2D eigenvalue weighted by molar-refractivity contribution is -0.143. The topological polar surface area (TPSA) is 95.9 Å². The smallest absolute Gasteiger partial charge is 0.305 e. The zero-order chi connectivity index (χ0) is 58.5. The first-order chi connectivity index (χ1) is 40.0. The summed E-state index contributed by atoms with van der Waals surface area (Å²) in [5.41, 5.74) is 0. The maximum atomic E-state index is 12.5. The Labute approximate surface area is 507 Å². The van der Waals surface area contributed by atoms with Crippen molar-refractivity contribution in [2.75, 3.05) is 13.2 Å². The van der Waals surface area contributed by atoms with E-state index >= 15 is 0 Å². The predicted octanol–water partition coefficient (Wildman–Crippen LogP) is 24.1. The van der Waals surface area contributed by atoms with E-state index in [-0.39, 0.29) is 18.5 Å². The number of aliphatic hydroxyl groups is 2. The lowest BCUT2D eigenvalue weighted by Crippen LogP contribution is -2.45. The molecule has 2 unspecified atom stereocenters. The summed E-state index contributed by atoms with van der Waals surface area (Å²) in [4.78, 5) is 24.6. The van der Waals surface area contributed by atoms with Crippen LogP contribution in [0.3, 0.4) is 0 Å². The van der Waals surface area contributed by atoms with Crippen LogP contribution in [0.4, 0.5) is 0 Å². The molecule has 0 rings (SSSR count). The molecule has 0 aliphatic carbocycles.